The fourth-order valence-electron chi connectivity index (χ4n) is 2.02. The van der Waals surface area contributed by atoms with E-state index in [9.17, 15) is 4.79 Å². The van der Waals surface area contributed by atoms with E-state index in [0.717, 1.165) is 5.56 Å². The number of carbonyl (C=O) groups is 1. The molecule has 2 N–H and O–H groups in total. The van der Waals surface area contributed by atoms with Gasteiger partial charge in [-0.05, 0) is 6.07 Å². The van der Waals surface area contributed by atoms with Gasteiger partial charge in [0.2, 0.25) is 11.1 Å². The minimum absolute atomic E-state index is 0.0584. The lowest BCUT2D eigenvalue weighted by atomic mass is 10.2. The Morgan fingerprint density at radius 2 is 1.73 bits per heavy atom. The molecular weight excluding hydrogens is 438 g/mol. The van der Waals surface area contributed by atoms with E-state index in [4.69, 9.17) is 46.4 Å². The standard InChI is InChI=1S/C16H10Cl4N4OS/c17-9-6-10(18)13(20)14(12(9)19)21-11(25)7-26-16-22-15(23-24-16)8-4-2-1-3-5-8/h1-6H,7H2,(H,21,25)(H,22,23,24). The van der Waals surface area contributed by atoms with E-state index < -0.39 is 0 Å². The molecule has 0 spiro atoms. The molecule has 1 amide bonds. The van der Waals surface area contributed by atoms with Gasteiger partial charge in [0.1, 0.15) is 0 Å². The molecule has 0 unspecified atom stereocenters. The number of halogens is 4. The fourth-order valence-corrected chi connectivity index (χ4v) is 3.53. The van der Waals surface area contributed by atoms with Crippen LogP contribution < -0.4 is 5.32 Å². The number of aromatic amines is 1. The van der Waals surface area contributed by atoms with Crippen molar-refractivity contribution in [3.05, 3.63) is 56.5 Å². The lowest BCUT2D eigenvalue weighted by Gasteiger charge is -2.11. The Morgan fingerprint density at radius 1 is 1.08 bits per heavy atom. The maximum atomic E-state index is 12.2. The first kappa shape index (κ1) is 19.3. The fraction of sp³-hybridized carbons (Fsp3) is 0.0625. The second-order valence-corrected chi connectivity index (χ2v) is 7.53. The van der Waals surface area contributed by atoms with Crippen molar-refractivity contribution in [2.24, 2.45) is 0 Å². The number of thioether (sulfide) groups is 1. The van der Waals surface area contributed by atoms with Crippen LogP contribution in [-0.2, 0) is 4.79 Å². The van der Waals surface area contributed by atoms with E-state index in [1.54, 1.807) is 0 Å². The molecule has 2 aromatic carbocycles. The van der Waals surface area contributed by atoms with Gasteiger partial charge in [0.25, 0.3) is 0 Å². The Kier molecular flexibility index (Phi) is 6.32. The summed E-state index contributed by atoms with van der Waals surface area (Å²) < 4.78 is 0. The predicted octanol–water partition coefficient (Wildman–Crippen LogP) is 5.82. The van der Waals surface area contributed by atoms with Gasteiger partial charge in [-0.2, -0.15) is 0 Å². The molecule has 0 atom stereocenters. The van der Waals surface area contributed by atoms with Crippen molar-refractivity contribution in [2.45, 2.75) is 5.16 Å². The second kappa shape index (κ2) is 8.50. The molecule has 0 fully saturated rings. The lowest BCUT2D eigenvalue weighted by molar-refractivity contribution is -0.113. The van der Waals surface area contributed by atoms with Crippen LogP contribution in [0.4, 0.5) is 5.69 Å². The van der Waals surface area contributed by atoms with Crippen molar-refractivity contribution >= 4 is 69.8 Å². The molecule has 134 valence electrons. The molecule has 5 nitrogen and oxygen atoms in total. The average Bonchev–Trinajstić information content (AvgIpc) is 3.12. The van der Waals surface area contributed by atoms with Gasteiger partial charge in [-0.1, -0.05) is 88.5 Å². The molecule has 0 saturated heterocycles. The quantitative estimate of drug-likeness (QED) is 0.382. The molecule has 3 aromatic rings. The van der Waals surface area contributed by atoms with Crippen molar-refractivity contribution in [1.29, 1.82) is 0 Å². The van der Waals surface area contributed by atoms with E-state index in [1.807, 2.05) is 30.3 Å². The number of benzene rings is 2. The van der Waals surface area contributed by atoms with Crippen LogP contribution in [-0.4, -0.2) is 26.8 Å². The molecule has 3 rings (SSSR count). The Bertz CT molecular complexity index is 923. The maximum absolute atomic E-state index is 12.2. The summed E-state index contributed by atoms with van der Waals surface area (Å²) in [4.78, 5) is 16.5. The van der Waals surface area contributed by atoms with Crippen molar-refractivity contribution in [3.8, 4) is 11.4 Å². The van der Waals surface area contributed by atoms with Gasteiger partial charge in [-0.15, -0.1) is 5.10 Å². The molecule has 0 aliphatic heterocycles. The van der Waals surface area contributed by atoms with Gasteiger partial charge in [-0.25, -0.2) is 4.98 Å². The van der Waals surface area contributed by atoms with Gasteiger partial charge in [0.05, 0.1) is 31.5 Å². The van der Waals surface area contributed by atoms with Crippen molar-refractivity contribution < 1.29 is 4.79 Å². The van der Waals surface area contributed by atoms with Crippen LogP contribution in [0.3, 0.4) is 0 Å². The van der Waals surface area contributed by atoms with Gasteiger partial charge >= 0.3 is 0 Å². The van der Waals surface area contributed by atoms with Crippen LogP contribution in [0, 0.1) is 0 Å². The lowest BCUT2D eigenvalue weighted by Crippen LogP contribution is -2.15. The SMILES string of the molecule is O=C(CSc1n[nH]c(-c2ccccc2)n1)Nc1c(Cl)c(Cl)cc(Cl)c1Cl. The number of amides is 1. The van der Waals surface area contributed by atoms with E-state index in [1.165, 1.54) is 17.8 Å². The molecular formula is C16H10Cl4N4OS. The molecule has 0 bridgehead atoms. The number of nitrogens with zero attached hydrogens (tertiary/aromatic N) is 2. The highest BCUT2D eigenvalue weighted by molar-refractivity contribution is 7.99. The Labute approximate surface area is 173 Å². The van der Waals surface area contributed by atoms with Crippen LogP contribution in [0.2, 0.25) is 20.1 Å². The second-order valence-electron chi connectivity index (χ2n) is 5.01. The van der Waals surface area contributed by atoms with E-state index in [-0.39, 0.29) is 37.4 Å². The summed E-state index contributed by atoms with van der Waals surface area (Å²) in [7, 11) is 0. The summed E-state index contributed by atoms with van der Waals surface area (Å²) in [6, 6.07) is 11.0. The van der Waals surface area contributed by atoms with E-state index >= 15 is 0 Å². The molecule has 0 radical (unpaired) electrons. The zero-order chi connectivity index (χ0) is 18.7. The summed E-state index contributed by atoms with van der Waals surface area (Å²) in [6.07, 6.45) is 0. The first-order chi connectivity index (χ1) is 12.5. The van der Waals surface area contributed by atoms with Crippen LogP contribution in [0.5, 0.6) is 0 Å². The largest absolute Gasteiger partial charge is 0.323 e. The number of aromatic nitrogens is 3. The molecule has 0 aliphatic rings. The van der Waals surface area contributed by atoms with E-state index in [2.05, 4.69) is 20.5 Å². The minimum atomic E-state index is -0.344. The van der Waals surface area contributed by atoms with Gasteiger partial charge in [-0.3, -0.25) is 9.89 Å². The summed E-state index contributed by atoms with van der Waals surface area (Å²) in [5.41, 5.74) is 1.08. The number of H-pyrrole nitrogens is 1. The molecule has 0 saturated carbocycles. The van der Waals surface area contributed by atoms with Crippen LogP contribution in [0.15, 0.2) is 41.6 Å². The number of hydrogen-bond donors (Lipinski definition) is 2. The predicted molar refractivity (Wildman–Crippen MR) is 108 cm³/mol. The van der Waals surface area contributed by atoms with Gasteiger partial charge < -0.3 is 5.32 Å². The Hall–Kier alpha value is -1.44. The number of nitrogens with one attached hydrogen (secondary N) is 2. The monoisotopic (exact) mass is 446 g/mol. The third-order valence-electron chi connectivity index (χ3n) is 3.22. The van der Waals surface area contributed by atoms with E-state index in [0.29, 0.717) is 11.0 Å². The van der Waals surface area contributed by atoms with Crippen molar-refractivity contribution in [2.75, 3.05) is 11.1 Å². The van der Waals surface area contributed by atoms with Gasteiger partial charge in [0, 0.05) is 5.56 Å². The molecule has 10 heteroatoms. The number of hydrogen-bond acceptors (Lipinski definition) is 4. The van der Waals surface area contributed by atoms with Crippen molar-refractivity contribution in [1.82, 2.24) is 15.2 Å². The molecule has 1 heterocycles. The Morgan fingerprint density at radius 3 is 2.38 bits per heavy atom. The minimum Gasteiger partial charge on any atom is -0.323 e. The molecule has 26 heavy (non-hydrogen) atoms. The number of carbonyl (C=O) groups excluding carboxylic acids is 1. The van der Waals surface area contributed by atoms with Crippen LogP contribution >= 0.6 is 58.2 Å². The highest BCUT2D eigenvalue weighted by Gasteiger charge is 2.17. The van der Waals surface area contributed by atoms with Gasteiger partial charge in [0.15, 0.2) is 5.82 Å². The Balaban J connectivity index is 1.65. The first-order valence-corrected chi connectivity index (χ1v) is 9.69. The maximum Gasteiger partial charge on any atom is 0.234 e. The highest BCUT2D eigenvalue weighted by atomic mass is 35.5. The zero-order valence-electron chi connectivity index (χ0n) is 12.9. The summed E-state index contributed by atoms with van der Waals surface area (Å²) >= 11 is 25.2. The number of rotatable bonds is 5. The summed E-state index contributed by atoms with van der Waals surface area (Å²) in [5, 5.41) is 10.6. The average molecular weight is 448 g/mol. The van der Waals surface area contributed by atoms with Crippen LogP contribution in [0.25, 0.3) is 11.4 Å². The van der Waals surface area contributed by atoms with Crippen molar-refractivity contribution in [3.63, 3.8) is 0 Å². The smallest absolute Gasteiger partial charge is 0.234 e. The first-order valence-electron chi connectivity index (χ1n) is 7.19. The van der Waals surface area contributed by atoms with Crippen LogP contribution in [0.1, 0.15) is 0 Å². The molecule has 0 aliphatic carbocycles. The molecule has 1 aromatic heterocycles. The topological polar surface area (TPSA) is 70.7 Å². The summed E-state index contributed by atoms with van der Waals surface area (Å²) in [5.74, 6) is 0.340. The zero-order valence-corrected chi connectivity index (χ0v) is 16.7. The third-order valence-corrected chi connectivity index (χ3v) is 5.64. The normalized spacial score (nSPS) is 10.8. The number of anilines is 1. The third kappa shape index (κ3) is 4.45. The highest BCUT2D eigenvalue weighted by Crippen LogP contribution is 2.41. The summed E-state index contributed by atoms with van der Waals surface area (Å²) in [6.45, 7) is 0.